The van der Waals surface area contributed by atoms with Gasteiger partial charge in [0, 0.05) is 16.3 Å². The van der Waals surface area contributed by atoms with E-state index in [2.05, 4.69) is 15.8 Å². The number of anilines is 1. The van der Waals surface area contributed by atoms with Crippen LogP contribution in [0.15, 0.2) is 77.9 Å². The maximum Gasteiger partial charge on any atom is 0.191 e. The normalized spacial score (nSPS) is 10.5. The average molecular weight is 456 g/mol. The molecule has 0 amide bonds. The summed E-state index contributed by atoms with van der Waals surface area (Å²) in [5, 5.41) is 8.16. The van der Waals surface area contributed by atoms with Crippen LogP contribution in [0.5, 0.6) is 17.2 Å². The maximum absolute atomic E-state index is 6.13. The van der Waals surface area contributed by atoms with E-state index in [9.17, 15) is 0 Å². The number of halogens is 1. The standard InChI is InChI=1S/C23H22ClN3O3S/c1-28-21-9-5-6-10-22(21)30-14-13-29-20-12-11-18(24)15-17(20)16-25-27-23(31)26-19-7-3-2-4-8-19/h2-12,15-16H,13-14H2,1H3,(H2,26,27,31)/b25-16-. The van der Waals surface area contributed by atoms with E-state index in [1.807, 2.05) is 54.6 Å². The number of benzene rings is 3. The molecule has 0 spiro atoms. The summed E-state index contributed by atoms with van der Waals surface area (Å²) < 4.78 is 16.9. The topological polar surface area (TPSA) is 64.1 Å². The van der Waals surface area contributed by atoms with Gasteiger partial charge < -0.3 is 19.5 Å². The first-order chi connectivity index (χ1) is 15.2. The molecular formula is C23H22ClN3O3S. The largest absolute Gasteiger partial charge is 0.493 e. The number of para-hydroxylation sites is 3. The van der Waals surface area contributed by atoms with Crippen LogP contribution in [0.2, 0.25) is 5.02 Å². The van der Waals surface area contributed by atoms with Crippen LogP contribution in [0.25, 0.3) is 0 Å². The van der Waals surface area contributed by atoms with Crippen molar-refractivity contribution < 1.29 is 14.2 Å². The molecule has 0 bridgehead atoms. The fourth-order valence-electron chi connectivity index (χ4n) is 2.63. The quantitative estimate of drug-likeness (QED) is 0.202. The van der Waals surface area contributed by atoms with Crippen molar-refractivity contribution in [2.45, 2.75) is 0 Å². The van der Waals surface area contributed by atoms with Gasteiger partial charge in [-0.15, -0.1) is 0 Å². The molecule has 0 aliphatic heterocycles. The lowest BCUT2D eigenvalue weighted by molar-refractivity contribution is 0.211. The van der Waals surface area contributed by atoms with Crippen molar-refractivity contribution in [1.82, 2.24) is 5.43 Å². The average Bonchev–Trinajstić information content (AvgIpc) is 2.79. The van der Waals surface area contributed by atoms with E-state index >= 15 is 0 Å². The van der Waals surface area contributed by atoms with Crippen molar-refractivity contribution in [3.05, 3.63) is 83.4 Å². The van der Waals surface area contributed by atoms with Gasteiger partial charge in [0.2, 0.25) is 0 Å². The van der Waals surface area contributed by atoms with E-state index in [-0.39, 0.29) is 0 Å². The summed E-state index contributed by atoms with van der Waals surface area (Å²) in [4.78, 5) is 0. The van der Waals surface area contributed by atoms with E-state index in [0.717, 1.165) is 5.69 Å². The zero-order chi connectivity index (χ0) is 21.9. The molecule has 3 rings (SSSR count). The summed E-state index contributed by atoms with van der Waals surface area (Å²) in [6.07, 6.45) is 1.60. The first kappa shape index (κ1) is 22.4. The molecule has 6 nitrogen and oxygen atoms in total. The van der Waals surface area contributed by atoms with E-state index in [1.165, 1.54) is 0 Å². The number of nitrogens with one attached hydrogen (secondary N) is 2. The fourth-order valence-corrected chi connectivity index (χ4v) is 2.99. The monoisotopic (exact) mass is 455 g/mol. The van der Waals surface area contributed by atoms with Crippen molar-refractivity contribution in [1.29, 1.82) is 0 Å². The molecule has 3 aromatic rings. The lowest BCUT2D eigenvalue weighted by Gasteiger charge is -2.12. The van der Waals surface area contributed by atoms with Crippen LogP contribution in [0.1, 0.15) is 5.56 Å². The molecule has 0 atom stereocenters. The second kappa shape index (κ2) is 11.8. The van der Waals surface area contributed by atoms with Gasteiger partial charge in [0.1, 0.15) is 19.0 Å². The molecule has 0 fully saturated rings. The van der Waals surface area contributed by atoms with Crippen LogP contribution in [0.4, 0.5) is 5.69 Å². The fraction of sp³-hybridized carbons (Fsp3) is 0.130. The lowest BCUT2D eigenvalue weighted by Crippen LogP contribution is -2.23. The third kappa shape index (κ3) is 7.16. The summed E-state index contributed by atoms with van der Waals surface area (Å²) in [6.45, 7) is 0.685. The van der Waals surface area contributed by atoms with Crippen LogP contribution in [0, 0.1) is 0 Å². The highest BCUT2D eigenvalue weighted by molar-refractivity contribution is 7.80. The van der Waals surface area contributed by atoms with Crippen molar-refractivity contribution in [3.8, 4) is 17.2 Å². The Morgan fingerprint density at radius 2 is 1.61 bits per heavy atom. The summed E-state index contributed by atoms with van der Waals surface area (Å²) in [6, 6.07) is 22.3. The molecule has 0 saturated heterocycles. The van der Waals surface area contributed by atoms with Crippen LogP contribution in [-0.2, 0) is 0 Å². The maximum atomic E-state index is 6.13. The van der Waals surface area contributed by atoms with Crippen molar-refractivity contribution in [3.63, 3.8) is 0 Å². The molecule has 0 saturated carbocycles. The Bertz CT molecular complexity index is 1030. The molecule has 31 heavy (non-hydrogen) atoms. The Morgan fingerprint density at radius 3 is 2.35 bits per heavy atom. The molecule has 0 aliphatic carbocycles. The van der Waals surface area contributed by atoms with Crippen LogP contribution in [-0.4, -0.2) is 31.7 Å². The molecule has 2 N–H and O–H groups in total. The lowest BCUT2D eigenvalue weighted by atomic mass is 10.2. The number of methoxy groups -OCH3 is 1. The second-order valence-corrected chi connectivity index (χ2v) is 7.06. The summed E-state index contributed by atoms with van der Waals surface area (Å²) in [5.74, 6) is 1.96. The Balaban J connectivity index is 1.53. The number of hydrogen-bond donors (Lipinski definition) is 2. The number of rotatable bonds is 9. The molecule has 0 unspecified atom stereocenters. The zero-order valence-electron chi connectivity index (χ0n) is 16.9. The van der Waals surface area contributed by atoms with Crippen molar-refractivity contribution >= 4 is 40.8 Å². The first-order valence-corrected chi connectivity index (χ1v) is 10.3. The SMILES string of the molecule is COc1ccccc1OCCOc1ccc(Cl)cc1/C=N\NC(=S)Nc1ccccc1. The molecule has 8 heteroatoms. The van der Waals surface area contributed by atoms with Gasteiger partial charge in [-0.3, -0.25) is 5.43 Å². The second-order valence-electron chi connectivity index (χ2n) is 6.22. The Morgan fingerprint density at radius 1 is 0.935 bits per heavy atom. The predicted octanol–water partition coefficient (Wildman–Crippen LogP) is 5.13. The number of hydrazone groups is 1. The van der Waals surface area contributed by atoms with Gasteiger partial charge in [0.25, 0.3) is 0 Å². The van der Waals surface area contributed by atoms with Crippen molar-refractivity contribution in [2.24, 2.45) is 5.10 Å². The number of hydrogen-bond acceptors (Lipinski definition) is 5. The summed E-state index contributed by atoms with van der Waals surface area (Å²) in [5.41, 5.74) is 4.36. The minimum atomic E-state index is 0.335. The van der Waals surface area contributed by atoms with Gasteiger partial charge in [0.15, 0.2) is 16.6 Å². The van der Waals surface area contributed by atoms with Gasteiger partial charge in [0.05, 0.1) is 13.3 Å². The van der Waals surface area contributed by atoms with E-state index < -0.39 is 0 Å². The zero-order valence-corrected chi connectivity index (χ0v) is 18.5. The third-order valence-corrected chi connectivity index (χ3v) is 4.47. The van der Waals surface area contributed by atoms with Crippen LogP contribution >= 0.6 is 23.8 Å². The number of ether oxygens (including phenoxy) is 3. The highest BCUT2D eigenvalue weighted by atomic mass is 35.5. The number of thiocarbonyl (C=S) groups is 1. The number of nitrogens with zero attached hydrogens (tertiary/aromatic N) is 1. The minimum absolute atomic E-state index is 0.335. The highest BCUT2D eigenvalue weighted by Gasteiger charge is 2.05. The Hall–Kier alpha value is -3.29. The third-order valence-electron chi connectivity index (χ3n) is 4.04. The van der Waals surface area contributed by atoms with Crippen molar-refractivity contribution in [2.75, 3.05) is 25.6 Å². The summed E-state index contributed by atoms with van der Waals surface area (Å²) >= 11 is 11.4. The Labute approximate surface area is 191 Å². The van der Waals surface area contributed by atoms with E-state index in [1.54, 1.807) is 31.5 Å². The molecule has 0 radical (unpaired) electrons. The molecule has 160 valence electrons. The summed E-state index contributed by atoms with van der Waals surface area (Å²) in [7, 11) is 1.60. The predicted molar refractivity (Wildman–Crippen MR) is 129 cm³/mol. The van der Waals surface area contributed by atoms with Gasteiger partial charge >= 0.3 is 0 Å². The Kier molecular flexibility index (Phi) is 8.51. The smallest absolute Gasteiger partial charge is 0.191 e. The van der Waals surface area contributed by atoms with Gasteiger partial charge in [-0.05, 0) is 54.7 Å². The van der Waals surface area contributed by atoms with Gasteiger partial charge in [-0.25, -0.2) is 0 Å². The molecular weight excluding hydrogens is 434 g/mol. The van der Waals surface area contributed by atoms with Crippen LogP contribution < -0.4 is 25.0 Å². The molecule has 0 aliphatic rings. The van der Waals surface area contributed by atoms with Gasteiger partial charge in [-0.1, -0.05) is 41.9 Å². The molecule has 3 aromatic carbocycles. The highest BCUT2D eigenvalue weighted by Crippen LogP contribution is 2.26. The van der Waals surface area contributed by atoms with Gasteiger partial charge in [-0.2, -0.15) is 5.10 Å². The van der Waals surface area contributed by atoms with Crippen LogP contribution in [0.3, 0.4) is 0 Å². The van der Waals surface area contributed by atoms with E-state index in [4.69, 9.17) is 38.0 Å². The molecule has 0 heterocycles. The van der Waals surface area contributed by atoms with E-state index in [0.29, 0.717) is 46.2 Å². The minimum Gasteiger partial charge on any atom is -0.493 e. The first-order valence-electron chi connectivity index (χ1n) is 9.49. The molecule has 0 aromatic heterocycles.